The minimum atomic E-state index is -5.08. The monoisotopic (exact) mass is 623 g/mol. The number of aromatic nitrogens is 3. The van der Waals surface area contributed by atoms with Crippen molar-refractivity contribution in [3.63, 3.8) is 0 Å². The van der Waals surface area contributed by atoms with E-state index in [1.165, 1.54) is 18.5 Å². The first-order chi connectivity index (χ1) is 19.3. The van der Waals surface area contributed by atoms with Crippen LogP contribution in [0.2, 0.25) is 0 Å². The van der Waals surface area contributed by atoms with Crippen LogP contribution in [0.3, 0.4) is 0 Å². The summed E-state index contributed by atoms with van der Waals surface area (Å²) in [5.74, 6) is -4.55. The Bertz CT molecular complexity index is 1580. The van der Waals surface area contributed by atoms with E-state index in [0.717, 1.165) is 11.8 Å². The predicted octanol–water partition coefficient (Wildman–Crippen LogP) is 4.42. The molecular formula is C25H27F6N5O5S. The number of anilines is 1. The van der Waals surface area contributed by atoms with E-state index < -0.39 is 40.0 Å². The number of aryl methyl sites for hydroxylation is 1. The maximum atomic E-state index is 12.9. The lowest BCUT2D eigenvalue weighted by atomic mass is 9.81. The first-order valence-corrected chi connectivity index (χ1v) is 14.3. The fraction of sp³-hybridized carbons (Fsp3) is 0.440. The number of carbonyl (C=O) groups is 2. The topological polar surface area (TPSA) is 157 Å². The third kappa shape index (κ3) is 7.89. The lowest BCUT2D eigenvalue weighted by molar-refractivity contribution is -0.192. The number of rotatable bonds is 5. The summed E-state index contributed by atoms with van der Waals surface area (Å²) in [6.07, 6.45) is -4.24. The van der Waals surface area contributed by atoms with Gasteiger partial charge in [0.25, 0.3) is 5.91 Å². The van der Waals surface area contributed by atoms with Crippen molar-refractivity contribution >= 4 is 33.2 Å². The molecule has 1 amide bonds. The highest BCUT2D eigenvalue weighted by Crippen LogP contribution is 2.39. The van der Waals surface area contributed by atoms with Crippen molar-refractivity contribution in [3.8, 4) is 11.3 Å². The number of carbonyl (C=O) groups excluding carboxylic acids is 1. The summed E-state index contributed by atoms with van der Waals surface area (Å²) in [5, 5.41) is 9.88. The number of carboxylic acid groups (broad SMARTS) is 1. The summed E-state index contributed by atoms with van der Waals surface area (Å²) in [5.41, 5.74) is 8.33. The number of alkyl halides is 6. The number of benzene rings is 1. The Kier molecular flexibility index (Phi) is 9.44. The van der Waals surface area contributed by atoms with E-state index in [2.05, 4.69) is 15.3 Å². The van der Waals surface area contributed by atoms with Crippen LogP contribution in [0.15, 0.2) is 35.5 Å². The molecule has 10 nitrogen and oxygen atoms in total. The Morgan fingerprint density at radius 3 is 2.24 bits per heavy atom. The summed E-state index contributed by atoms with van der Waals surface area (Å²) in [6.45, 7) is 2.07. The fourth-order valence-electron chi connectivity index (χ4n) is 4.45. The Morgan fingerprint density at radius 2 is 1.71 bits per heavy atom. The fourth-order valence-corrected chi connectivity index (χ4v) is 5.10. The number of imidazole rings is 1. The van der Waals surface area contributed by atoms with Crippen LogP contribution in [0.25, 0.3) is 16.9 Å². The van der Waals surface area contributed by atoms with E-state index in [4.69, 9.17) is 15.6 Å². The van der Waals surface area contributed by atoms with Gasteiger partial charge in [0.2, 0.25) is 0 Å². The number of fused-ring (bicyclic) bond motifs is 1. The molecule has 3 aromatic rings. The first kappa shape index (κ1) is 32.6. The molecule has 4 rings (SSSR count). The van der Waals surface area contributed by atoms with Gasteiger partial charge in [0, 0.05) is 24.6 Å². The van der Waals surface area contributed by atoms with Crippen molar-refractivity contribution in [1.82, 2.24) is 19.7 Å². The van der Waals surface area contributed by atoms with E-state index in [0.29, 0.717) is 29.7 Å². The van der Waals surface area contributed by atoms with Crippen LogP contribution < -0.4 is 11.1 Å². The Balaban J connectivity index is 0.000000616. The zero-order valence-corrected chi connectivity index (χ0v) is 23.1. The summed E-state index contributed by atoms with van der Waals surface area (Å²) >= 11 is 0. The number of hydrogen-bond donors (Lipinski definition) is 3. The molecule has 0 atom stereocenters. The van der Waals surface area contributed by atoms with E-state index in [9.17, 15) is 39.6 Å². The Labute approximate surface area is 235 Å². The summed E-state index contributed by atoms with van der Waals surface area (Å²) in [4.78, 5) is 30.3. The number of nitrogens with one attached hydrogen (secondary N) is 1. The molecule has 2 heterocycles. The van der Waals surface area contributed by atoms with Crippen molar-refractivity contribution in [1.29, 1.82) is 0 Å². The lowest BCUT2D eigenvalue weighted by Crippen LogP contribution is -2.34. The van der Waals surface area contributed by atoms with Gasteiger partial charge in [0.1, 0.15) is 5.69 Å². The lowest BCUT2D eigenvalue weighted by Gasteiger charge is -2.29. The average molecular weight is 624 g/mol. The van der Waals surface area contributed by atoms with E-state index in [-0.39, 0.29) is 41.7 Å². The molecule has 17 heteroatoms. The van der Waals surface area contributed by atoms with Crippen LogP contribution >= 0.6 is 0 Å². The minimum Gasteiger partial charge on any atom is -0.475 e. The molecule has 0 unspecified atom stereocenters. The van der Waals surface area contributed by atoms with E-state index >= 15 is 0 Å². The van der Waals surface area contributed by atoms with Gasteiger partial charge in [-0.2, -0.15) is 26.3 Å². The summed E-state index contributed by atoms with van der Waals surface area (Å²) in [7, 11) is -3.44. The molecule has 1 saturated carbocycles. The number of aliphatic carboxylic acids is 1. The molecule has 0 spiro atoms. The second-order valence-corrected chi connectivity index (χ2v) is 11.9. The number of hydrogen-bond acceptors (Lipinski definition) is 7. The molecule has 0 aliphatic heterocycles. The molecule has 0 radical (unpaired) electrons. The molecule has 4 N–H and O–H groups in total. The largest absolute Gasteiger partial charge is 0.490 e. The average Bonchev–Trinajstić information content (AvgIpc) is 3.31. The van der Waals surface area contributed by atoms with Crippen molar-refractivity contribution < 1.29 is 49.5 Å². The van der Waals surface area contributed by atoms with Crippen molar-refractivity contribution in [3.05, 3.63) is 41.9 Å². The van der Waals surface area contributed by atoms with Crippen LogP contribution in [0.1, 0.15) is 41.7 Å². The Hall–Kier alpha value is -3.89. The molecule has 0 saturated heterocycles. The molecular weight excluding hydrogens is 596 g/mol. The number of halogens is 6. The highest BCUT2D eigenvalue weighted by Gasteiger charge is 2.41. The molecule has 42 heavy (non-hydrogen) atoms. The van der Waals surface area contributed by atoms with Gasteiger partial charge in [-0.15, -0.1) is 0 Å². The van der Waals surface area contributed by atoms with Crippen LogP contribution in [0.4, 0.5) is 32.2 Å². The van der Waals surface area contributed by atoms with E-state index in [1.807, 2.05) is 6.92 Å². The zero-order valence-electron chi connectivity index (χ0n) is 22.3. The van der Waals surface area contributed by atoms with Crippen LogP contribution in [0.5, 0.6) is 0 Å². The van der Waals surface area contributed by atoms with Gasteiger partial charge >= 0.3 is 18.3 Å². The third-order valence-corrected chi connectivity index (χ3v) is 7.88. The highest BCUT2D eigenvalue weighted by molar-refractivity contribution is 7.90. The van der Waals surface area contributed by atoms with Crippen molar-refractivity contribution in [2.45, 2.75) is 49.9 Å². The SMILES string of the molecule is Cc1ccc(S(C)(=O)=O)cc1-c1cnc2c(N)nc(C(=O)NCC3CCC(C(F)(F)F)CC3)cn12.O=C(O)C(F)(F)F. The van der Waals surface area contributed by atoms with Gasteiger partial charge in [0.05, 0.1) is 22.7 Å². The molecule has 0 bridgehead atoms. The van der Waals surface area contributed by atoms with Gasteiger partial charge in [-0.1, -0.05) is 6.07 Å². The number of sulfone groups is 1. The summed E-state index contributed by atoms with van der Waals surface area (Å²) < 4.78 is 96.0. The number of carboxylic acids is 1. The van der Waals surface area contributed by atoms with Crippen molar-refractivity contribution in [2.24, 2.45) is 11.8 Å². The zero-order chi connectivity index (χ0) is 31.6. The second kappa shape index (κ2) is 12.1. The number of amides is 1. The standard InChI is InChI=1S/C23H26F3N5O3S.C2HF3O2/c1-13-3-8-16(35(2,33)34)9-17(13)19-11-28-21-20(27)30-18(12-31(19)21)22(32)29-10-14-4-6-15(7-5-14)23(24,25)26;3-2(4,5)1(6)7/h3,8-9,11-12,14-15H,4-7,10H2,1-2H3,(H2,27,30)(H,29,32);(H,6,7). The normalized spacial score (nSPS) is 17.8. The Morgan fingerprint density at radius 1 is 1.12 bits per heavy atom. The molecule has 1 aliphatic carbocycles. The molecule has 1 fully saturated rings. The first-order valence-electron chi connectivity index (χ1n) is 12.4. The second-order valence-electron chi connectivity index (χ2n) is 9.87. The van der Waals surface area contributed by atoms with Gasteiger partial charge < -0.3 is 16.2 Å². The predicted molar refractivity (Wildman–Crippen MR) is 138 cm³/mol. The van der Waals surface area contributed by atoms with Gasteiger partial charge in [-0.25, -0.2) is 23.2 Å². The maximum absolute atomic E-state index is 12.9. The van der Waals surface area contributed by atoms with Crippen LogP contribution in [-0.2, 0) is 14.6 Å². The van der Waals surface area contributed by atoms with Gasteiger partial charge in [0.15, 0.2) is 21.3 Å². The maximum Gasteiger partial charge on any atom is 0.490 e. The van der Waals surface area contributed by atoms with Crippen LogP contribution in [-0.4, -0.2) is 64.9 Å². The summed E-state index contributed by atoms with van der Waals surface area (Å²) in [6, 6.07) is 4.76. The quantitative estimate of drug-likeness (QED) is 0.353. The van der Waals surface area contributed by atoms with Crippen LogP contribution in [0, 0.1) is 18.8 Å². The molecule has 1 aliphatic rings. The molecule has 2 aromatic heterocycles. The number of nitrogens with two attached hydrogens (primary N) is 1. The third-order valence-electron chi connectivity index (χ3n) is 6.77. The van der Waals surface area contributed by atoms with Gasteiger partial charge in [-0.3, -0.25) is 9.20 Å². The van der Waals surface area contributed by atoms with E-state index in [1.54, 1.807) is 16.5 Å². The molecule has 230 valence electrons. The molecule has 1 aromatic carbocycles. The smallest absolute Gasteiger partial charge is 0.475 e. The van der Waals surface area contributed by atoms with Gasteiger partial charge in [-0.05, 0) is 56.2 Å². The highest BCUT2D eigenvalue weighted by atomic mass is 32.2. The van der Waals surface area contributed by atoms with Crippen molar-refractivity contribution in [2.75, 3.05) is 18.5 Å². The number of nitrogens with zero attached hydrogens (tertiary/aromatic N) is 3. The minimum absolute atomic E-state index is 0.0199. The number of nitrogen functional groups attached to an aromatic ring is 1.